The van der Waals surface area contributed by atoms with Crippen LogP contribution in [0.15, 0.2) is 116 Å². The number of benzene rings is 3. The normalized spacial score (nSPS) is 14.1. The monoisotopic (exact) mass is 1190 g/mol. The van der Waals surface area contributed by atoms with Gasteiger partial charge < -0.3 is 51.8 Å². The summed E-state index contributed by atoms with van der Waals surface area (Å²) in [5, 5.41) is 20.9. The van der Waals surface area contributed by atoms with Crippen molar-refractivity contribution in [2.24, 2.45) is 0 Å². The maximum Gasteiger partial charge on any atom is 0.508 e. The fourth-order valence-electron chi connectivity index (χ4n) is 9.04. The van der Waals surface area contributed by atoms with Gasteiger partial charge in [0.2, 0.25) is 29.5 Å². The van der Waals surface area contributed by atoms with Gasteiger partial charge >= 0.3 is 6.16 Å². The number of likely N-dealkylation sites (tertiary alicyclic amines) is 1. The lowest BCUT2D eigenvalue weighted by atomic mass is 9.98. The minimum atomic E-state index is -3.22. The number of halogens is 2. The van der Waals surface area contributed by atoms with Gasteiger partial charge in [-0.1, -0.05) is 45.9 Å². The van der Waals surface area contributed by atoms with E-state index in [0.717, 1.165) is 60.3 Å². The molecule has 21 nitrogen and oxygen atoms in total. The number of carbonyl (C=O) groups excluding carboxylic acids is 6. The number of ether oxygens (including phenoxy) is 3. The number of amides is 5. The van der Waals surface area contributed by atoms with Crippen LogP contribution in [0.25, 0.3) is 44.3 Å². The van der Waals surface area contributed by atoms with Gasteiger partial charge in [0.25, 0.3) is 11.8 Å². The van der Waals surface area contributed by atoms with Crippen molar-refractivity contribution in [1.82, 2.24) is 40.8 Å². The van der Waals surface area contributed by atoms with Gasteiger partial charge in [0.05, 0.1) is 48.9 Å². The third kappa shape index (κ3) is 16.4. The number of rotatable bonds is 23. The highest BCUT2D eigenvalue weighted by atomic mass is 33.1. The van der Waals surface area contributed by atoms with Crippen molar-refractivity contribution in [2.45, 2.75) is 77.2 Å². The Morgan fingerprint density at radius 2 is 1.49 bits per heavy atom. The third-order valence-electron chi connectivity index (χ3n) is 13.6. The van der Waals surface area contributed by atoms with Crippen LogP contribution in [0.5, 0.6) is 5.88 Å². The minimum absolute atomic E-state index is 0.0288. The number of hydrogen-bond donors (Lipinski definition) is 6. The maximum absolute atomic E-state index is 14.0. The minimum Gasteiger partial charge on any atom is -0.480 e. The first-order chi connectivity index (χ1) is 40.8. The second-order valence-electron chi connectivity index (χ2n) is 19.8. The van der Waals surface area contributed by atoms with Crippen LogP contribution >= 0.6 is 21.6 Å². The SMILES string of the molecule is COc1ncc(-c2ccc3nccc(-c4ccc(COC(=O)OCCSSCC(NC(=O)CCC(=O)NCc5cc(C(=O)NC(C)C(=O)N6CC(F)(F)C[C@H]6C#N)ccn5)C(=O)Nc5ccc(-c6ccc(N)c(C)c6)cc5C)nc4)c3c2)cc1N. The number of fused-ring (bicyclic) bond motifs is 1. The summed E-state index contributed by atoms with van der Waals surface area (Å²) in [6.07, 6.45) is 4.15. The first-order valence-electron chi connectivity index (χ1n) is 26.6. The molecule has 0 aliphatic carbocycles. The van der Waals surface area contributed by atoms with E-state index in [1.54, 1.807) is 42.9 Å². The molecule has 0 bridgehead atoms. The summed E-state index contributed by atoms with van der Waals surface area (Å²) >= 11 is 0. The van der Waals surface area contributed by atoms with Gasteiger partial charge in [-0.3, -0.25) is 38.9 Å². The first kappa shape index (κ1) is 61.7. The van der Waals surface area contributed by atoms with Crippen LogP contribution in [0.2, 0.25) is 0 Å². The van der Waals surface area contributed by atoms with E-state index in [1.807, 2.05) is 74.5 Å². The van der Waals surface area contributed by atoms with Gasteiger partial charge in [0, 0.05) is 89.0 Å². The Balaban J connectivity index is 0.806. The molecule has 85 heavy (non-hydrogen) atoms. The molecular formula is C60H60F2N12O9S2. The largest absolute Gasteiger partial charge is 0.508 e. The summed E-state index contributed by atoms with van der Waals surface area (Å²) in [4.78, 5) is 97.1. The van der Waals surface area contributed by atoms with Crippen LogP contribution in [0.1, 0.15) is 59.1 Å². The van der Waals surface area contributed by atoms with Gasteiger partial charge in [-0.2, -0.15) is 5.26 Å². The Kier molecular flexibility index (Phi) is 20.5. The van der Waals surface area contributed by atoms with E-state index in [4.69, 9.17) is 25.7 Å². The van der Waals surface area contributed by atoms with Gasteiger partial charge in [0.15, 0.2) is 0 Å². The number of aromatic nitrogens is 4. The van der Waals surface area contributed by atoms with Crippen molar-refractivity contribution in [3.8, 4) is 45.3 Å². The van der Waals surface area contributed by atoms with Crippen LogP contribution in [-0.4, -0.2) is 116 Å². The number of methoxy groups -OCH3 is 1. The van der Waals surface area contributed by atoms with E-state index in [-0.39, 0.29) is 49.6 Å². The highest BCUT2D eigenvalue weighted by Gasteiger charge is 2.48. The molecule has 8 N–H and O–H groups in total. The molecule has 440 valence electrons. The average molecular weight is 1200 g/mol. The molecule has 1 saturated heterocycles. The molecule has 3 atom stereocenters. The van der Waals surface area contributed by atoms with Gasteiger partial charge in [-0.15, -0.1) is 0 Å². The van der Waals surface area contributed by atoms with Crippen molar-refractivity contribution in [2.75, 3.05) is 48.6 Å². The molecule has 5 heterocycles. The lowest BCUT2D eigenvalue weighted by molar-refractivity contribution is -0.134. The smallest absolute Gasteiger partial charge is 0.480 e. The van der Waals surface area contributed by atoms with Gasteiger partial charge in [-0.05, 0) is 121 Å². The van der Waals surface area contributed by atoms with Crippen molar-refractivity contribution < 1.29 is 51.8 Å². The average Bonchev–Trinajstić information content (AvgIpc) is 3.16. The summed E-state index contributed by atoms with van der Waals surface area (Å²) in [6, 6.07) is 25.3. The van der Waals surface area contributed by atoms with Crippen molar-refractivity contribution in [3.63, 3.8) is 0 Å². The molecule has 1 fully saturated rings. The Morgan fingerprint density at radius 1 is 0.776 bits per heavy atom. The third-order valence-corrected chi connectivity index (χ3v) is 16.0. The first-order valence-corrected chi connectivity index (χ1v) is 29.1. The molecule has 1 aliphatic heterocycles. The zero-order chi connectivity index (χ0) is 60.8. The van der Waals surface area contributed by atoms with Crippen molar-refractivity contribution in [1.29, 1.82) is 5.26 Å². The number of pyridine rings is 4. The van der Waals surface area contributed by atoms with E-state index < -0.39 is 72.7 Å². The number of anilines is 3. The zero-order valence-corrected chi connectivity index (χ0v) is 48.3. The number of nitrogens with one attached hydrogen (secondary N) is 4. The summed E-state index contributed by atoms with van der Waals surface area (Å²) in [6.45, 7) is 3.84. The van der Waals surface area contributed by atoms with E-state index in [0.29, 0.717) is 34.4 Å². The Morgan fingerprint density at radius 3 is 2.22 bits per heavy atom. The molecule has 8 rings (SSSR count). The van der Waals surface area contributed by atoms with Crippen LogP contribution in [0, 0.1) is 25.2 Å². The van der Waals surface area contributed by atoms with Crippen molar-refractivity contribution >= 4 is 85.2 Å². The summed E-state index contributed by atoms with van der Waals surface area (Å²) in [5.41, 5.74) is 22.3. The maximum atomic E-state index is 14.0. The predicted molar refractivity (Wildman–Crippen MR) is 319 cm³/mol. The quantitative estimate of drug-likeness (QED) is 0.0152. The molecule has 25 heteroatoms. The van der Waals surface area contributed by atoms with Gasteiger partial charge in [-0.25, -0.2) is 18.6 Å². The zero-order valence-electron chi connectivity index (χ0n) is 46.7. The van der Waals surface area contributed by atoms with Gasteiger partial charge in [0.1, 0.15) is 31.3 Å². The Hall–Kier alpha value is -9.41. The molecule has 0 radical (unpaired) electrons. The van der Waals surface area contributed by atoms with E-state index in [9.17, 15) is 42.8 Å². The highest BCUT2D eigenvalue weighted by molar-refractivity contribution is 8.76. The van der Waals surface area contributed by atoms with E-state index in [1.165, 1.54) is 54.0 Å². The molecule has 2 unspecified atom stereocenters. The highest BCUT2D eigenvalue weighted by Crippen LogP contribution is 2.35. The van der Waals surface area contributed by atoms with E-state index >= 15 is 0 Å². The summed E-state index contributed by atoms with van der Waals surface area (Å²) < 4.78 is 43.8. The molecule has 5 amide bonds. The van der Waals surface area contributed by atoms with E-state index in [2.05, 4.69) is 41.2 Å². The number of carbonyl (C=O) groups is 6. The standard InChI is InChI=1S/C60H60F2N12O9S2/c1-34-21-37(6-10-48(34)64)38-7-11-50(35(2)22-38)73-56(78)52(72-54(76)14-13-53(75)69-30-44-23-40(15-17-66-44)55(77)71-36(3)58(79)74-33-60(61,62)26-45(74)27-63)32-85-84-20-19-82-59(80)83-31-43-9-5-41(28-68-43)46-16-18-67-51-12-8-39(24-47(46)51)42-25-49(65)57(81-4)70-29-42/h5-12,15-18,21-25,28-29,36,45,52H,13-14,19-20,26,30-33,64-65H2,1-4H3,(H,69,75)(H,71,77)(H,72,76)(H,73,78)/t36?,45-,52?/m0/s1. The fourth-order valence-corrected chi connectivity index (χ4v) is 11.0. The molecule has 0 spiro atoms. The van der Waals surface area contributed by atoms with Crippen LogP contribution in [-0.2, 0) is 41.8 Å². The number of nitrogens with two attached hydrogens (primary N) is 2. The van der Waals surface area contributed by atoms with Crippen LogP contribution in [0.4, 0.5) is 30.6 Å². The second-order valence-corrected chi connectivity index (χ2v) is 22.5. The van der Waals surface area contributed by atoms with Crippen LogP contribution in [0.3, 0.4) is 0 Å². The number of alkyl halides is 2. The fraction of sp³-hybridized carbons (Fsp3) is 0.283. The summed E-state index contributed by atoms with van der Waals surface area (Å²) in [5.74, 6) is -5.67. The number of nitriles is 1. The van der Waals surface area contributed by atoms with Crippen LogP contribution < -0.4 is 37.5 Å². The summed E-state index contributed by atoms with van der Waals surface area (Å²) in [7, 11) is 4.06. The lowest BCUT2D eigenvalue weighted by Gasteiger charge is -2.23. The lowest BCUT2D eigenvalue weighted by Crippen LogP contribution is -2.48. The number of nitrogens with zero attached hydrogens (tertiary/aromatic N) is 6. The predicted octanol–water partition coefficient (Wildman–Crippen LogP) is 8.34. The molecule has 3 aromatic carbocycles. The number of hydrogen-bond acceptors (Lipinski definition) is 18. The van der Waals surface area contributed by atoms with Crippen molar-refractivity contribution in [3.05, 3.63) is 144 Å². The molecular weight excluding hydrogens is 1130 g/mol. The topological polar surface area (TPSA) is 309 Å². The second kappa shape index (κ2) is 28.2. The molecule has 0 saturated carbocycles. The Bertz CT molecular complexity index is 3690. The number of aryl methyl sites for hydroxylation is 2. The molecule has 7 aromatic rings. The number of nitrogen functional groups attached to an aromatic ring is 2. The molecule has 4 aromatic heterocycles. The molecule has 1 aliphatic rings. The Labute approximate surface area is 495 Å².